The van der Waals surface area contributed by atoms with Gasteiger partial charge in [-0.25, -0.2) is 33.9 Å². The summed E-state index contributed by atoms with van der Waals surface area (Å²) in [6.45, 7) is -3.10. The van der Waals surface area contributed by atoms with Gasteiger partial charge in [0.05, 0.1) is 25.9 Å². The van der Waals surface area contributed by atoms with E-state index < -0.39 is 142 Å². The maximum absolute atomic E-state index is 13.7. The summed E-state index contributed by atoms with van der Waals surface area (Å²) >= 11 is 0. The summed E-state index contributed by atoms with van der Waals surface area (Å²) in [4.78, 5) is 101. The molecule has 35 nitrogen and oxygen atoms in total. The number of aliphatic hydroxyl groups excluding tert-OH is 3. The van der Waals surface area contributed by atoms with E-state index in [0.717, 1.165) is 40.4 Å². The highest BCUT2D eigenvalue weighted by atomic mass is 31.2. The highest BCUT2D eigenvalue weighted by Gasteiger charge is 2.55. The number of rotatable bonds is 18. The van der Waals surface area contributed by atoms with E-state index in [-0.39, 0.29) is 34.1 Å². The fraction of sp³-hybridized carbons (Fsp3) is 0.517. The van der Waals surface area contributed by atoms with Crippen molar-refractivity contribution in [2.24, 2.45) is 0 Å². The van der Waals surface area contributed by atoms with Crippen LogP contribution in [0.15, 0.2) is 45.6 Å². The smallest absolute Gasteiger partial charge is 0.386 e. The van der Waals surface area contributed by atoms with Crippen LogP contribution < -0.4 is 28.3 Å². The van der Waals surface area contributed by atoms with Gasteiger partial charge in [0.15, 0.2) is 47.4 Å². The number of nitrogens with two attached hydrogens (primary N) is 2. The lowest BCUT2D eigenvalue weighted by Crippen LogP contribution is -2.39. The lowest BCUT2D eigenvalue weighted by Gasteiger charge is -2.25. The van der Waals surface area contributed by atoms with Crippen LogP contribution in [0.5, 0.6) is 0 Å². The molecule has 0 aliphatic carbocycles. The van der Waals surface area contributed by atoms with E-state index in [1.807, 2.05) is 4.98 Å². The van der Waals surface area contributed by atoms with Crippen LogP contribution in [0.3, 0.4) is 0 Å². The van der Waals surface area contributed by atoms with Crippen molar-refractivity contribution in [1.29, 1.82) is 0 Å². The van der Waals surface area contributed by atoms with Crippen molar-refractivity contribution in [3.05, 3.63) is 62.4 Å². The van der Waals surface area contributed by atoms with Crippen LogP contribution >= 0.6 is 32.2 Å². The normalized spacial score (nSPS) is 30.8. The molecule has 3 fully saturated rings. The number of aromatic nitrogens is 10. The number of imidazole rings is 2. The van der Waals surface area contributed by atoms with Crippen LogP contribution in [0.1, 0.15) is 18.7 Å². The Balaban J connectivity index is 1.02. The second-order valence-electron chi connectivity index (χ2n) is 14.6. The van der Waals surface area contributed by atoms with Crippen molar-refractivity contribution >= 4 is 66.2 Å². The van der Waals surface area contributed by atoms with Crippen LogP contribution in [0.4, 0.5) is 11.8 Å². The van der Waals surface area contributed by atoms with Crippen molar-refractivity contribution in [3.8, 4) is 0 Å². The Bertz CT molecular complexity index is 3010. The summed E-state index contributed by atoms with van der Waals surface area (Å²) in [6, 6.07) is 0.882. The minimum absolute atomic E-state index is 0.0159. The zero-order valence-electron chi connectivity index (χ0n) is 33.6. The number of nitrogens with zero attached hydrogens (tertiary/aromatic N) is 8. The number of anilines is 2. The molecule has 8 rings (SSSR count). The fourth-order valence-electron chi connectivity index (χ4n) is 7.40. The predicted molar refractivity (Wildman–Crippen MR) is 215 cm³/mol. The Morgan fingerprint density at radius 2 is 1.24 bits per heavy atom. The number of nitrogens with one attached hydrogen (secondary N) is 2. The summed E-state index contributed by atoms with van der Waals surface area (Å²) in [5.41, 5.74) is 8.38. The Labute approximate surface area is 376 Å². The van der Waals surface area contributed by atoms with Crippen LogP contribution in [-0.2, 0) is 59.6 Å². The molecule has 16 atom stereocenters. The first-order valence-electron chi connectivity index (χ1n) is 19.0. The van der Waals surface area contributed by atoms with E-state index in [2.05, 4.69) is 34.4 Å². The van der Waals surface area contributed by atoms with Crippen LogP contribution in [-0.4, -0.2) is 158 Å². The number of phosphoric ester groups is 2. The summed E-state index contributed by atoms with van der Waals surface area (Å²) in [7, 11) is -17.8. The Morgan fingerprint density at radius 1 is 0.706 bits per heavy atom. The lowest BCUT2D eigenvalue weighted by atomic mass is 10.1. The zero-order valence-corrected chi connectivity index (χ0v) is 37.2. The molecule has 368 valence electrons. The number of phosphoric acid groups is 2. The average molecular weight is 1040 g/mol. The van der Waals surface area contributed by atoms with Gasteiger partial charge in [0.2, 0.25) is 5.95 Å². The summed E-state index contributed by atoms with van der Waals surface area (Å²) in [5.74, 6) is -0.458. The number of ether oxygens (including phenoxy) is 3. The molecule has 0 aromatic carbocycles. The van der Waals surface area contributed by atoms with E-state index in [0.29, 0.717) is 4.57 Å². The molecule has 68 heavy (non-hydrogen) atoms. The summed E-state index contributed by atoms with van der Waals surface area (Å²) in [6.07, 6.45) is -17.9. The Morgan fingerprint density at radius 3 is 1.81 bits per heavy atom. The monoisotopic (exact) mass is 1040 g/mol. The highest BCUT2D eigenvalue weighted by Crippen LogP contribution is 2.52. The number of aliphatic hydroxyl groups is 3. The third-order valence-corrected chi connectivity index (χ3v) is 13.1. The molecule has 0 amide bonds. The molecule has 0 bridgehead atoms. The maximum Gasteiger partial charge on any atom is 0.695 e. The molecule has 0 saturated carbocycles. The highest BCUT2D eigenvalue weighted by molar-refractivity contribution is 7.47. The first kappa shape index (κ1) is 49.6. The predicted octanol–water partition coefficient (Wildman–Crippen LogP) is -3.85. The van der Waals surface area contributed by atoms with Crippen LogP contribution in [0.25, 0.3) is 22.3 Å². The number of nitrogen functional groups attached to an aromatic ring is 2. The molecule has 13 N–H and O–H groups in total. The van der Waals surface area contributed by atoms with Crippen molar-refractivity contribution in [3.63, 3.8) is 0 Å². The molecule has 0 spiro atoms. The van der Waals surface area contributed by atoms with Gasteiger partial charge < -0.3 is 50.8 Å². The number of fused-ring (bicyclic) bond motifs is 2. The van der Waals surface area contributed by atoms with Crippen molar-refractivity contribution in [2.75, 3.05) is 31.3 Å². The third-order valence-electron chi connectivity index (χ3n) is 10.3. The molecule has 3 aliphatic heterocycles. The molecular weight excluding hydrogens is 1010 g/mol. The average Bonchev–Trinajstić information content (AvgIpc) is 4.07. The van der Waals surface area contributed by atoms with E-state index in [1.54, 1.807) is 0 Å². The Kier molecular flexibility index (Phi) is 14.3. The van der Waals surface area contributed by atoms with Crippen molar-refractivity contribution in [1.82, 2.24) is 48.6 Å². The topological polar surface area (TPSA) is 507 Å². The van der Waals surface area contributed by atoms with Crippen molar-refractivity contribution in [2.45, 2.75) is 73.6 Å². The fourth-order valence-corrected chi connectivity index (χ4v) is 10.1. The minimum Gasteiger partial charge on any atom is -0.386 e. The molecular formula is C29H36N12O23P4+2. The second-order valence-corrected chi connectivity index (χ2v) is 18.8. The molecule has 39 heteroatoms. The van der Waals surface area contributed by atoms with E-state index in [4.69, 9.17) is 48.3 Å². The largest absolute Gasteiger partial charge is 0.695 e. The molecule has 4 unspecified atom stereocenters. The van der Waals surface area contributed by atoms with Crippen LogP contribution in [0.2, 0.25) is 0 Å². The standard InChI is InChI=1S/C29H34N12O23P4/c30-21-13-22(33-6-32-21)40(7-34-13)27-17(45)20(11(61-27)5-58-68(54,55)63-19-9(3-56-65(48)49)59-25(16(19)44)39-2-1-12(42)36-29(39)47)64-67(52,53)57-4-10-18(62-66(50)51)15(43)26(60-10)41-8-35-14-23(41)37-28(31)38-24(14)46/h1-2,6-11,15-20,25-27,43-45H,3-5H2,(H8-2,30,31,32,33,36,37,38,42,46,47,48,49,50,51,52,53,54,55)/p+2/t9-,10-,11-,15-,16-,17-,18-,19-,20-,25-,26-,27-/m1/s1. The third kappa shape index (κ3) is 10.2. The summed E-state index contributed by atoms with van der Waals surface area (Å²) in [5, 5.41) is 33.8. The summed E-state index contributed by atoms with van der Waals surface area (Å²) < 4.78 is 101. The van der Waals surface area contributed by atoms with E-state index in [9.17, 15) is 67.5 Å². The van der Waals surface area contributed by atoms with Crippen LogP contribution in [0, 0.1) is 0 Å². The van der Waals surface area contributed by atoms with Gasteiger partial charge in [-0.2, -0.15) is 4.98 Å². The molecule has 0 radical (unpaired) electrons. The first-order valence-corrected chi connectivity index (χ1v) is 24.3. The quantitative estimate of drug-likeness (QED) is 0.0374. The SMILES string of the molecule is Nc1nc2c(ncn2[C@@H]2O[C@H](COP(=O)(O)O[C@H]3[C@@H](O)[C@H](n4cnc5c(N)ncnc54)O[C@@H]3COP(=O)(O)O[C@H]3[C@@H](O)[C@H](n4ccc(=O)[nH]c4=O)O[C@@H]3CO[P+](=O)O)[C@@H](O[P+](=O)O)[C@H]2O)c(=O)[nH]1. The molecule has 3 saturated heterocycles. The molecule has 5 aromatic rings. The Hall–Kier alpha value is -4.80. The van der Waals surface area contributed by atoms with Gasteiger partial charge in [-0.3, -0.25) is 51.4 Å². The van der Waals surface area contributed by atoms with Gasteiger partial charge in [-0.05, 0) is 0 Å². The lowest BCUT2D eigenvalue weighted by molar-refractivity contribution is -0.0609. The molecule has 3 aliphatic rings. The first-order chi connectivity index (χ1) is 32.1. The maximum atomic E-state index is 13.7. The number of hydrogen-bond donors (Lipinski definition) is 11. The van der Waals surface area contributed by atoms with Crippen molar-refractivity contribution < 1.29 is 94.5 Å². The number of aromatic amines is 2. The number of hydrogen-bond acceptors (Lipinski definition) is 26. The van der Waals surface area contributed by atoms with Gasteiger partial charge in [0, 0.05) is 21.4 Å². The van der Waals surface area contributed by atoms with E-state index in [1.165, 1.54) is 0 Å². The van der Waals surface area contributed by atoms with Gasteiger partial charge >= 0.3 is 37.8 Å². The van der Waals surface area contributed by atoms with E-state index >= 15 is 0 Å². The van der Waals surface area contributed by atoms with Gasteiger partial charge in [-0.15, -0.1) is 18.8 Å². The minimum atomic E-state index is -5.54. The molecule has 5 aromatic heterocycles. The second kappa shape index (κ2) is 19.5. The van der Waals surface area contributed by atoms with Gasteiger partial charge in [0.1, 0.15) is 67.3 Å². The van der Waals surface area contributed by atoms with Gasteiger partial charge in [0.25, 0.3) is 11.1 Å². The zero-order chi connectivity index (χ0) is 49.0. The van der Waals surface area contributed by atoms with Gasteiger partial charge in [-0.1, -0.05) is 0 Å². The number of H-pyrrole nitrogens is 2. The molecule has 8 heterocycles.